The van der Waals surface area contributed by atoms with Crippen molar-refractivity contribution in [2.45, 2.75) is 38.1 Å². The summed E-state index contributed by atoms with van der Waals surface area (Å²) in [5.74, 6) is -2.90. The van der Waals surface area contributed by atoms with Crippen LogP contribution in [0, 0.1) is 6.92 Å². The highest BCUT2D eigenvalue weighted by Crippen LogP contribution is 2.24. The van der Waals surface area contributed by atoms with Gasteiger partial charge in [0.2, 0.25) is 0 Å². The minimum Gasteiger partial charge on any atom is -0.489 e. The zero-order chi connectivity index (χ0) is 30.8. The van der Waals surface area contributed by atoms with E-state index in [4.69, 9.17) is 21.0 Å². The number of thiazole rings is 1. The van der Waals surface area contributed by atoms with Crippen LogP contribution in [0.5, 0.6) is 5.75 Å². The summed E-state index contributed by atoms with van der Waals surface area (Å²) in [6.45, 7) is 3.86. The lowest BCUT2D eigenvalue weighted by Crippen LogP contribution is -2.71. The van der Waals surface area contributed by atoms with Gasteiger partial charge in [0, 0.05) is 23.5 Å². The molecule has 42 heavy (non-hydrogen) atoms. The van der Waals surface area contributed by atoms with Gasteiger partial charge in [-0.1, -0.05) is 5.16 Å². The van der Waals surface area contributed by atoms with E-state index in [1.807, 2.05) is 0 Å². The molecule has 19 heteroatoms. The van der Waals surface area contributed by atoms with Gasteiger partial charge in [0.15, 0.2) is 10.8 Å². The Hall–Kier alpha value is -4.33. The van der Waals surface area contributed by atoms with E-state index in [2.05, 4.69) is 25.8 Å². The van der Waals surface area contributed by atoms with Gasteiger partial charge in [-0.3, -0.25) is 19.1 Å². The summed E-state index contributed by atoms with van der Waals surface area (Å²) in [6.07, 6.45) is -1.68. The highest BCUT2D eigenvalue weighted by Gasteiger charge is 2.51. The lowest BCUT2D eigenvalue weighted by Gasteiger charge is -2.42. The molecule has 2 aliphatic rings. The molecule has 0 aliphatic carbocycles. The summed E-state index contributed by atoms with van der Waals surface area (Å²) in [6, 6.07) is 4.17. The summed E-state index contributed by atoms with van der Waals surface area (Å²) in [4.78, 5) is 51.2. The van der Waals surface area contributed by atoms with Crippen LogP contribution < -0.4 is 26.8 Å². The van der Waals surface area contributed by atoms with Gasteiger partial charge in [0.05, 0.1) is 12.1 Å². The Labute approximate surface area is 243 Å². The molecule has 0 spiro atoms. The number of aromatic nitrogens is 1. The molecule has 3 heterocycles. The van der Waals surface area contributed by atoms with Gasteiger partial charge in [-0.25, -0.2) is 14.1 Å². The van der Waals surface area contributed by atoms with Gasteiger partial charge in [-0.15, -0.1) is 11.3 Å². The summed E-state index contributed by atoms with van der Waals surface area (Å²) in [5.41, 5.74) is 11.9. The number of oxime groups is 1. The lowest BCUT2D eigenvalue weighted by atomic mass is 10.0. The molecular weight excluding hydrogens is 596 g/mol. The van der Waals surface area contributed by atoms with Crippen molar-refractivity contribution in [2.75, 3.05) is 25.4 Å². The minimum atomic E-state index is -4.82. The number of carboxylic acids is 1. The SMILES string of the molecule is Cc1sc(N)nc1/C(=N/O[C@@H](COc1ccc(C(N)=NC2CNC2)cc1)C(=O)O)C(=O)N[C@@H]1C(=O)N(S(=O)(=O)O)[C@H]1C. The number of rotatable bonds is 12. The van der Waals surface area contributed by atoms with Crippen LogP contribution in [-0.2, 0) is 29.5 Å². The number of nitrogens with one attached hydrogen (secondary N) is 2. The topological polar surface area (TPSA) is 261 Å². The first kappa shape index (κ1) is 30.6. The number of aliphatic imine (C=N–C) groups is 1. The van der Waals surface area contributed by atoms with Crippen LogP contribution in [-0.4, -0.2) is 101 Å². The van der Waals surface area contributed by atoms with Crippen molar-refractivity contribution in [3.63, 3.8) is 0 Å². The highest BCUT2D eigenvalue weighted by atomic mass is 32.2. The van der Waals surface area contributed by atoms with E-state index in [9.17, 15) is 32.5 Å². The van der Waals surface area contributed by atoms with E-state index in [0.29, 0.717) is 22.0 Å². The maximum absolute atomic E-state index is 13.1. The van der Waals surface area contributed by atoms with Crippen LogP contribution in [0.15, 0.2) is 34.4 Å². The number of nitrogen functional groups attached to an aromatic ring is 1. The van der Waals surface area contributed by atoms with Crippen molar-refractivity contribution >= 4 is 56.1 Å². The number of aryl methyl sites for hydroxylation is 1. The molecule has 2 fully saturated rings. The normalized spacial score (nSPS) is 20.4. The second-order valence-corrected chi connectivity index (χ2v) is 11.8. The number of β-lactam (4-membered cyclic amide) rings is 1. The summed E-state index contributed by atoms with van der Waals surface area (Å²) >= 11 is 1.02. The Balaban J connectivity index is 1.46. The number of amidine groups is 1. The van der Waals surface area contributed by atoms with Crippen molar-refractivity contribution in [2.24, 2.45) is 15.9 Å². The molecule has 226 valence electrons. The summed E-state index contributed by atoms with van der Waals surface area (Å²) < 4.78 is 37.7. The van der Waals surface area contributed by atoms with Crippen LogP contribution in [0.25, 0.3) is 0 Å². The number of carboxylic acid groups (broad SMARTS) is 1. The van der Waals surface area contributed by atoms with Gasteiger partial charge < -0.3 is 36.8 Å². The van der Waals surface area contributed by atoms with Crippen molar-refractivity contribution in [1.29, 1.82) is 0 Å². The number of ether oxygens (including phenoxy) is 1. The van der Waals surface area contributed by atoms with Gasteiger partial charge in [-0.2, -0.15) is 8.42 Å². The maximum atomic E-state index is 13.1. The number of hydrogen-bond donors (Lipinski definition) is 6. The number of nitrogens with zero attached hydrogens (tertiary/aromatic N) is 4. The number of hydrogen-bond acceptors (Lipinski definition) is 13. The van der Waals surface area contributed by atoms with E-state index in [1.165, 1.54) is 6.92 Å². The van der Waals surface area contributed by atoms with E-state index in [1.54, 1.807) is 31.2 Å². The average molecular weight is 625 g/mol. The predicted molar refractivity (Wildman–Crippen MR) is 149 cm³/mol. The second kappa shape index (κ2) is 12.3. The fraction of sp³-hybridized carbons (Fsp3) is 0.391. The molecule has 17 nitrogen and oxygen atoms in total. The molecule has 2 aromatic rings. The first-order valence-electron chi connectivity index (χ1n) is 12.3. The van der Waals surface area contributed by atoms with E-state index >= 15 is 0 Å². The van der Waals surface area contributed by atoms with Crippen molar-refractivity contribution < 1.29 is 42.0 Å². The van der Waals surface area contributed by atoms with E-state index in [0.717, 1.165) is 24.4 Å². The standard InChI is InChI=1S/C23H28N8O9S2/c1-10-16(21(33)31(10)42(36,37)38)28-20(32)18(17-11(2)41-23(25)29-17)30-40-15(22(34)35)9-39-14-5-3-12(4-6-14)19(24)27-13-7-26-8-13/h3-6,10,13,15-16,26H,7-9H2,1-2H3,(H2,24,27)(H2,25,29)(H,28,32)(H,34,35)(H,36,37,38)/b30-18-/t10-,15-,16-/m0/s1. The number of nitrogens with two attached hydrogens (primary N) is 2. The van der Waals surface area contributed by atoms with Crippen LogP contribution in [0.4, 0.5) is 5.13 Å². The van der Waals surface area contributed by atoms with Gasteiger partial charge >= 0.3 is 16.3 Å². The first-order chi connectivity index (χ1) is 19.8. The van der Waals surface area contributed by atoms with Crippen molar-refractivity contribution in [3.05, 3.63) is 40.4 Å². The molecule has 2 aliphatic heterocycles. The highest BCUT2D eigenvalue weighted by molar-refractivity contribution is 7.84. The Morgan fingerprint density at radius 2 is 1.98 bits per heavy atom. The molecule has 1 aromatic carbocycles. The molecule has 0 bridgehead atoms. The number of amides is 2. The zero-order valence-electron chi connectivity index (χ0n) is 22.3. The molecule has 4 rings (SSSR count). The number of aliphatic carboxylic acids is 1. The van der Waals surface area contributed by atoms with Gasteiger partial charge in [-0.05, 0) is 38.1 Å². The van der Waals surface area contributed by atoms with Gasteiger partial charge in [0.1, 0.15) is 29.9 Å². The fourth-order valence-electron chi connectivity index (χ4n) is 3.93. The predicted octanol–water partition coefficient (Wildman–Crippen LogP) is -1.52. The maximum Gasteiger partial charge on any atom is 0.362 e. The molecule has 0 radical (unpaired) electrons. The third kappa shape index (κ3) is 6.75. The Morgan fingerprint density at radius 1 is 1.31 bits per heavy atom. The van der Waals surface area contributed by atoms with Crippen LogP contribution in [0.3, 0.4) is 0 Å². The van der Waals surface area contributed by atoms with Crippen LogP contribution in [0.2, 0.25) is 0 Å². The smallest absolute Gasteiger partial charge is 0.362 e. The molecule has 0 unspecified atom stereocenters. The number of carbonyl (C=O) groups is 3. The van der Waals surface area contributed by atoms with E-state index < -0.39 is 58.6 Å². The monoisotopic (exact) mass is 624 g/mol. The van der Waals surface area contributed by atoms with Crippen LogP contribution >= 0.6 is 11.3 Å². The Morgan fingerprint density at radius 3 is 2.48 bits per heavy atom. The molecular formula is C23H28N8O9S2. The van der Waals surface area contributed by atoms with Crippen LogP contribution in [0.1, 0.15) is 23.1 Å². The third-order valence-corrected chi connectivity index (χ3v) is 8.11. The molecule has 3 atom stereocenters. The third-order valence-electron chi connectivity index (χ3n) is 6.30. The molecule has 1 aromatic heterocycles. The Bertz CT molecular complexity index is 1540. The van der Waals surface area contributed by atoms with Crippen molar-refractivity contribution in [3.8, 4) is 5.75 Å². The molecule has 2 saturated heterocycles. The lowest BCUT2D eigenvalue weighted by molar-refractivity contribution is -0.152. The Kier molecular flexibility index (Phi) is 8.95. The molecule has 2 amide bonds. The quantitative estimate of drug-likeness (QED) is 0.0516. The minimum absolute atomic E-state index is 0.0429. The number of anilines is 1. The zero-order valence-corrected chi connectivity index (χ0v) is 23.9. The van der Waals surface area contributed by atoms with Gasteiger partial charge in [0.25, 0.3) is 17.9 Å². The molecule has 0 saturated carbocycles. The summed E-state index contributed by atoms with van der Waals surface area (Å²) in [7, 11) is -4.82. The summed E-state index contributed by atoms with van der Waals surface area (Å²) in [5, 5.41) is 18.8. The largest absolute Gasteiger partial charge is 0.489 e. The number of carbonyl (C=O) groups excluding carboxylic acids is 2. The fourth-order valence-corrected chi connectivity index (χ4v) is 5.51. The molecule has 8 N–H and O–H groups in total. The van der Waals surface area contributed by atoms with E-state index in [-0.39, 0.29) is 21.2 Å². The van der Waals surface area contributed by atoms with Crippen molar-refractivity contribution in [1.82, 2.24) is 19.9 Å². The first-order valence-corrected chi connectivity index (χ1v) is 14.6. The number of benzene rings is 1. The average Bonchev–Trinajstić information content (AvgIpc) is 3.23. The second-order valence-electron chi connectivity index (χ2n) is 9.29.